The SMILES string of the molecule is CCCC(=O)Oc1ccc(C[C@H](N)C(=O)O[C@@H](C)COC(=O)OC(C)C(C)C)cc1OC(=O)CCC. The van der Waals surface area contributed by atoms with E-state index in [4.69, 9.17) is 29.4 Å². The van der Waals surface area contributed by atoms with Crippen LogP contribution in [0.3, 0.4) is 0 Å². The Morgan fingerprint density at radius 1 is 0.861 bits per heavy atom. The molecule has 3 atom stereocenters. The van der Waals surface area contributed by atoms with Crippen molar-refractivity contribution < 1.29 is 42.9 Å². The Morgan fingerprint density at radius 2 is 1.44 bits per heavy atom. The van der Waals surface area contributed by atoms with Crippen LogP contribution in [0.15, 0.2) is 18.2 Å². The van der Waals surface area contributed by atoms with Gasteiger partial charge in [-0.3, -0.25) is 14.4 Å². The molecule has 0 spiro atoms. The minimum atomic E-state index is -1.03. The Hall–Kier alpha value is -3.14. The van der Waals surface area contributed by atoms with Gasteiger partial charge in [0, 0.05) is 12.8 Å². The van der Waals surface area contributed by atoms with Gasteiger partial charge in [-0.1, -0.05) is 33.8 Å². The lowest BCUT2D eigenvalue weighted by Crippen LogP contribution is -2.37. The zero-order valence-corrected chi connectivity index (χ0v) is 22.0. The summed E-state index contributed by atoms with van der Waals surface area (Å²) < 4.78 is 26.0. The summed E-state index contributed by atoms with van der Waals surface area (Å²) in [6, 6.07) is 3.59. The van der Waals surface area contributed by atoms with Gasteiger partial charge in [0.15, 0.2) is 11.5 Å². The number of hydrogen-bond donors (Lipinski definition) is 1. The number of benzene rings is 1. The van der Waals surface area contributed by atoms with Gasteiger partial charge in [-0.2, -0.15) is 0 Å². The Labute approximate surface area is 212 Å². The molecule has 0 amide bonds. The standard InChI is InChI=1S/C26H39NO9/c1-7-9-23(28)35-21-12-11-19(14-22(21)36-24(29)10-8-2)13-20(27)25(30)33-17(5)15-32-26(31)34-18(6)16(3)4/h11-12,14,16-18,20H,7-10,13,15,27H2,1-6H3/t17-,18?,20-/m0/s1. The first kappa shape index (κ1) is 30.9. The highest BCUT2D eigenvalue weighted by Gasteiger charge is 2.22. The predicted molar refractivity (Wildman–Crippen MR) is 131 cm³/mol. The zero-order chi connectivity index (χ0) is 27.3. The van der Waals surface area contributed by atoms with E-state index in [-0.39, 0.29) is 49.4 Å². The fraction of sp³-hybridized carbons (Fsp3) is 0.615. The van der Waals surface area contributed by atoms with Crippen LogP contribution in [0.5, 0.6) is 11.5 Å². The van der Waals surface area contributed by atoms with Gasteiger partial charge in [0.05, 0.1) is 0 Å². The minimum Gasteiger partial charge on any atom is -0.458 e. The number of carbonyl (C=O) groups excluding carboxylic acids is 4. The number of esters is 3. The van der Waals surface area contributed by atoms with Crippen molar-refractivity contribution in [3.63, 3.8) is 0 Å². The fourth-order valence-electron chi connectivity index (χ4n) is 2.76. The van der Waals surface area contributed by atoms with Crippen molar-refractivity contribution in [2.45, 2.75) is 91.9 Å². The first-order valence-corrected chi connectivity index (χ1v) is 12.3. The van der Waals surface area contributed by atoms with Crippen molar-refractivity contribution in [3.05, 3.63) is 23.8 Å². The van der Waals surface area contributed by atoms with Gasteiger partial charge in [0.2, 0.25) is 0 Å². The van der Waals surface area contributed by atoms with Crippen LogP contribution in [0.1, 0.15) is 72.8 Å². The van der Waals surface area contributed by atoms with Crippen LogP contribution in [0.4, 0.5) is 4.79 Å². The second-order valence-corrected chi connectivity index (χ2v) is 8.92. The fourth-order valence-corrected chi connectivity index (χ4v) is 2.76. The summed E-state index contributed by atoms with van der Waals surface area (Å²) >= 11 is 0. The number of nitrogens with two attached hydrogens (primary N) is 1. The molecular formula is C26H39NO9. The third-order valence-corrected chi connectivity index (χ3v) is 5.10. The highest BCUT2D eigenvalue weighted by atomic mass is 16.7. The number of ether oxygens (including phenoxy) is 5. The molecule has 0 aliphatic heterocycles. The van der Waals surface area contributed by atoms with E-state index in [9.17, 15) is 19.2 Å². The maximum absolute atomic E-state index is 12.4. The number of rotatable bonds is 14. The molecule has 0 aliphatic rings. The summed E-state index contributed by atoms with van der Waals surface area (Å²) in [5, 5.41) is 0. The summed E-state index contributed by atoms with van der Waals surface area (Å²) in [5.41, 5.74) is 6.58. The normalized spacial score (nSPS) is 13.3. The smallest absolute Gasteiger partial charge is 0.458 e. The summed E-state index contributed by atoms with van der Waals surface area (Å²) in [4.78, 5) is 48.1. The lowest BCUT2D eigenvalue weighted by Gasteiger charge is -2.19. The molecule has 0 heterocycles. The van der Waals surface area contributed by atoms with Crippen LogP contribution in [-0.4, -0.2) is 48.9 Å². The van der Waals surface area contributed by atoms with Gasteiger partial charge in [-0.15, -0.1) is 0 Å². The Balaban J connectivity index is 2.75. The largest absolute Gasteiger partial charge is 0.508 e. The van der Waals surface area contributed by atoms with E-state index in [1.807, 2.05) is 27.7 Å². The lowest BCUT2D eigenvalue weighted by molar-refractivity contribution is -0.152. The Bertz CT molecular complexity index is 884. The number of hydrogen-bond acceptors (Lipinski definition) is 10. The summed E-state index contributed by atoms with van der Waals surface area (Å²) in [5.74, 6) is -1.29. The van der Waals surface area contributed by atoms with Gasteiger partial charge in [-0.25, -0.2) is 4.79 Å². The molecule has 10 nitrogen and oxygen atoms in total. The van der Waals surface area contributed by atoms with E-state index >= 15 is 0 Å². The monoisotopic (exact) mass is 509 g/mol. The van der Waals surface area contributed by atoms with Gasteiger partial charge in [-0.05, 0) is 56.7 Å². The molecule has 0 saturated carbocycles. The predicted octanol–water partition coefficient (Wildman–Crippen LogP) is 4.10. The van der Waals surface area contributed by atoms with Gasteiger partial charge < -0.3 is 29.4 Å². The molecule has 10 heteroatoms. The van der Waals surface area contributed by atoms with E-state index < -0.39 is 36.2 Å². The molecule has 1 aromatic carbocycles. The highest BCUT2D eigenvalue weighted by Crippen LogP contribution is 2.30. The van der Waals surface area contributed by atoms with Crippen molar-refractivity contribution in [2.24, 2.45) is 11.7 Å². The first-order chi connectivity index (χ1) is 17.0. The van der Waals surface area contributed by atoms with Crippen molar-refractivity contribution in [1.82, 2.24) is 0 Å². The maximum Gasteiger partial charge on any atom is 0.508 e. The molecule has 0 bridgehead atoms. The van der Waals surface area contributed by atoms with Crippen LogP contribution in [0.25, 0.3) is 0 Å². The average Bonchev–Trinajstić information content (AvgIpc) is 2.79. The van der Waals surface area contributed by atoms with Crippen LogP contribution in [0.2, 0.25) is 0 Å². The average molecular weight is 510 g/mol. The molecule has 0 radical (unpaired) electrons. The quantitative estimate of drug-likeness (QED) is 0.288. The topological polar surface area (TPSA) is 140 Å². The van der Waals surface area contributed by atoms with Crippen LogP contribution in [0, 0.1) is 5.92 Å². The van der Waals surface area contributed by atoms with E-state index in [1.165, 1.54) is 12.1 Å². The molecule has 0 saturated heterocycles. The molecule has 202 valence electrons. The molecular weight excluding hydrogens is 470 g/mol. The second kappa shape index (κ2) is 15.8. The van der Waals surface area contributed by atoms with Gasteiger partial charge in [0.25, 0.3) is 0 Å². The van der Waals surface area contributed by atoms with Crippen LogP contribution < -0.4 is 15.2 Å². The van der Waals surface area contributed by atoms with E-state index in [2.05, 4.69) is 0 Å². The zero-order valence-electron chi connectivity index (χ0n) is 22.0. The summed E-state index contributed by atoms with van der Waals surface area (Å²) in [6.45, 7) is 10.6. The summed E-state index contributed by atoms with van der Waals surface area (Å²) in [6.07, 6.45) is -0.195. The molecule has 2 N–H and O–H groups in total. The number of carbonyl (C=O) groups is 4. The first-order valence-electron chi connectivity index (χ1n) is 12.3. The second-order valence-electron chi connectivity index (χ2n) is 8.92. The summed E-state index contributed by atoms with van der Waals surface area (Å²) in [7, 11) is 0. The Morgan fingerprint density at radius 3 is 2.00 bits per heavy atom. The highest BCUT2D eigenvalue weighted by molar-refractivity contribution is 5.77. The molecule has 0 aromatic heterocycles. The maximum atomic E-state index is 12.4. The third kappa shape index (κ3) is 11.5. The van der Waals surface area contributed by atoms with E-state index in [1.54, 1.807) is 19.9 Å². The van der Waals surface area contributed by atoms with Crippen LogP contribution in [-0.2, 0) is 35.0 Å². The Kier molecular flexibility index (Phi) is 13.5. The molecule has 1 unspecified atom stereocenters. The molecule has 1 rings (SSSR count). The third-order valence-electron chi connectivity index (χ3n) is 5.10. The van der Waals surface area contributed by atoms with Gasteiger partial charge in [0.1, 0.15) is 24.9 Å². The molecule has 0 aliphatic carbocycles. The van der Waals surface area contributed by atoms with Crippen molar-refractivity contribution in [1.29, 1.82) is 0 Å². The van der Waals surface area contributed by atoms with Crippen LogP contribution >= 0.6 is 0 Å². The minimum absolute atomic E-state index is 0.0713. The van der Waals surface area contributed by atoms with Crippen molar-refractivity contribution >= 4 is 24.1 Å². The molecule has 0 fully saturated rings. The van der Waals surface area contributed by atoms with Crippen molar-refractivity contribution in [2.75, 3.05) is 6.61 Å². The van der Waals surface area contributed by atoms with Gasteiger partial charge >= 0.3 is 24.1 Å². The van der Waals surface area contributed by atoms with E-state index in [0.717, 1.165) is 0 Å². The van der Waals surface area contributed by atoms with Crippen molar-refractivity contribution in [3.8, 4) is 11.5 Å². The molecule has 1 aromatic rings. The molecule has 36 heavy (non-hydrogen) atoms. The lowest BCUT2D eigenvalue weighted by atomic mass is 10.1. The van der Waals surface area contributed by atoms with E-state index in [0.29, 0.717) is 18.4 Å².